The highest BCUT2D eigenvalue weighted by Crippen LogP contribution is 2.48. The van der Waals surface area contributed by atoms with Crippen molar-refractivity contribution in [2.24, 2.45) is 29.6 Å². The normalized spacial score (nSPS) is 38.0. The molecule has 0 aromatic heterocycles. The van der Waals surface area contributed by atoms with E-state index in [-0.39, 0.29) is 0 Å². The van der Waals surface area contributed by atoms with Gasteiger partial charge in [-0.05, 0) is 36.0 Å². The standard InChI is InChI=1S/C12H24/c1-6-9(4)12-7-11(8(2)3)10(12)5/h8-12H,6-7H2,1-5H3. The Kier molecular flexibility index (Phi) is 3.20. The quantitative estimate of drug-likeness (QED) is 0.598. The molecule has 0 radical (unpaired) electrons. The van der Waals surface area contributed by atoms with Crippen LogP contribution in [-0.2, 0) is 0 Å². The van der Waals surface area contributed by atoms with Crippen LogP contribution in [0.4, 0.5) is 0 Å². The lowest BCUT2D eigenvalue weighted by molar-refractivity contribution is 0.0111. The van der Waals surface area contributed by atoms with Crippen molar-refractivity contribution in [2.75, 3.05) is 0 Å². The maximum Gasteiger partial charge on any atom is -0.0357 e. The number of rotatable bonds is 3. The smallest absolute Gasteiger partial charge is 0.0357 e. The fraction of sp³-hybridized carbons (Fsp3) is 1.00. The predicted molar refractivity (Wildman–Crippen MR) is 55.1 cm³/mol. The van der Waals surface area contributed by atoms with E-state index in [1.807, 2.05) is 0 Å². The third-order valence-electron chi connectivity index (χ3n) is 4.13. The second kappa shape index (κ2) is 3.81. The van der Waals surface area contributed by atoms with Gasteiger partial charge in [-0.3, -0.25) is 0 Å². The topological polar surface area (TPSA) is 0 Å². The summed E-state index contributed by atoms with van der Waals surface area (Å²) in [7, 11) is 0. The van der Waals surface area contributed by atoms with Crippen LogP contribution in [0.3, 0.4) is 0 Å². The molecule has 0 bridgehead atoms. The molecular weight excluding hydrogens is 144 g/mol. The fourth-order valence-corrected chi connectivity index (χ4v) is 2.80. The van der Waals surface area contributed by atoms with E-state index in [1.165, 1.54) is 12.8 Å². The van der Waals surface area contributed by atoms with Crippen LogP contribution in [0.15, 0.2) is 0 Å². The van der Waals surface area contributed by atoms with Crippen LogP contribution >= 0.6 is 0 Å². The fourth-order valence-electron chi connectivity index (χ4n) is 2.80. The molecule has 0 aromatic rings. The van der Waals surface area contributed by atoms with Gasteiger partial charge in [-0.15, -0.1) is 0 Å². The summed E-state index contributed by atoms with van der Waals surface area (Å²) in [6.45, 7) is 11.9. The summed E-state index contributed by atoms with van der Waals surface area (Å²) in [4.78, 5) is 0. The van der Waals surface area contributed by atoms with Crippen molar-refractivity contribution in [1.82, 2.24) is 0 Å². The van der Waals surface area contributed by atoms with Crippen molar-refractivity contribution < 1.29 is 0 Å². The Morgan fingerprint density at radius 1 is 1.17 bits per heavy atom. The van der Waals surface area contributed by atoms with Crippen molar-refractivity contribution in [2.45, 2.75) is 47.5 Å². The van der Waals surface area contributed by atoms with Crippen LogP contribution in [-0.4, -0.2) is 0 Å². The van der Waals surface area contributed by atoms with Crippen LogP contribution < -0.4 is 0 Å². The zero-order chi connectivity index (χ0) is 9.30. The summed E-state index contributed by atoms with van der Waals surface area (Å²) >= 11 is 0. The summed E-state index contributed by atoms with van der Waals surface area (Å²) in [6.07, 6.45) is 2.85. The molecular formula is C12H24. The first-order valence-electron chi connectivity index (χ1n) is 5.57. The second-order valence-corrected chi connectivity index (χ2v) is 5.05. The molecule has 1 aliphatic rings. The van der Waals surface area contributed by atoms with Crippen molar-refractivity contribution in [3.63, 3.8) is 0 Å². The monoisotopic (exact) mass is 168 g/mol. The molecule has 1 fully saturated rings. The third-order valence-corrected chi connectivity index (χ3v) is 4.13. The number of hydrogen-bond acceptors (Lipinski definition) is 0. The van der Waals surface area contributed by atoms with Gasteiger partial charge >= 0.3 is 0 Å². The average Bonchev–Trinajstić information content (AvgIpc) is 2.00. The molecule has 4 atom stereocenters. The summed E-state index contributed by atoms with van der Waals surface area (Å²) in [6, 6.07) is 0. The molecule has 0 N–H and O–H groups in total. The minimum atomic E-state index is 0.903. The molecule has 0 saturated heterocycles. The van der Waals surface area contributed by atoms with Crippen molar-refractivity contribution in [1.29, 1.82) is 0 Å². The highest BCUT2D eigenvalue weighted by molar-refractivity contribution is 4.89. The van der Waals surface area contributed by atoms with E-state index >= 15 is 0 Å². The summed E-state index contributed by atoms with van der Waals surface area (Å²) in [5, 5.41) is 0. The molecule has 0 aliphatic heterocycles. The van der Waals surface area contributed by atoms with Crippen LogP contribution in [0, 0.1) is 29.6 Å². The molecule has 1 rings (SSSR count). The van der Waals surface area contributed by atoms with E-state index in [0.717, 1.165) is 29.6 Å². The molecule has 0 amide bonds. The van der Waals surface area contributed by atoms with Gasteiger partial charge in [0.25, 0.3) is 0 Å². The molecule has 0 spiro atoms. The number of hydrogen-bond donors (Lipinski definition) is 0. The van der Waals surface area contributed by atoms with Crippen molar-refractivity contribution >= 4 is 0 Å². The van der Waals surface area contributed by atoms with Crippen LogP contribution in [0.25, 0.3) is 0 Å². The van der Waals surface area contributed by atoms with Crippen molar-refractivity contribution in [3.8, 4) is 0 Å². The molecule has 0 heteroatoms. The summed E-state index contributed by atoms with van der Waals surface area (Å²) in [5.74, 6) is 4.89. The predicted octanol–water partition coefficient (Wildman–Crippen LogP) is 3.96. The lowest BCUT2D eigenvalue weighted by Crippen LogP contribution is -2.41. The summed E-state index contributed by atoms with van der Waals surface area (Å²) in [5.41, 5.74) is 0. The Balaban J connectivity index is 2.37. The van der Waals surface area contributed by atoms with E-state index in [0.29, 0.717) is 0 Å². The van der Waals surface area contributed by atoms with Crippen LogP contribution in [0.1, 0.15) is 47.5 Å². The molecule has 0 aromatic carbocycles. The SMILES string of the molecule is CCC(C)C1CC(C(C)C)C1C. The van der Waals surface area contributed by atoms with E-state index < -0.39 is 0 Å². The Morgan fingerprint density at radius 3 is 2.08 bits per heavy atom. The van der Waals surface area contributed by atoms with E-state index in [9.17, 15) is 0 Å². The Labute approximate surface area is 77.7 Å². The lowest BCUT2D eigenvalue weighted by atomic mass is 9.57. The van der Waals surface area contributed by atoms with E-state index in [4.69, 9.17) is 0 Å². The first-order chi connectivity index (χ1) is 5.57. The first-order valence-corrected chi connectivity index (χ1v) is 5.57. The first kappa shape index (κ1) is 10.1. The minimum absolute atomic E-state index is 0.903. The van der Waals surface area contributed by atoms with Gasteiger partial charge in [-0.2, -0.15) is 0 Å². The second-order valence-electron chi connectivity index (χ2n) is 5.05. The minimum Gasteiger partial charge on any atom is -0.0651 e. The highest BCUT2D eigenvalue weighted by Gasteiger charge is 2.40. The van der Waals surface area contributed by atoms with Gasteiger partial charge in [-0.1, -0.05) is 41.0 Å². The maximum atomic E-state index is 2.45. The van der Waals surface area contributed by atoms with Crippen LogP contribution in [0.2, 0.25) is 0 Å². The maximum absolute atomic E-state index is 2.45. The molecule has 4 unspecified atom stereocenters. The molecule has 12 heavy (non-hydrogen) atoms. The average molecular weight is 168 g/mol. The van der Waals surface area contributed by atoms with Crippen LogP contribution in [0.5, 0.6) is 0 Å². The van der Waals surface area contributed by atoms with Crippen molar-refractivity contribution in [3.05, 3.63) is 0 Å². The van der Waals surface area contributed by atoms with Gasteiger partial charge in [0.1, 0.15) is 0 Å². The third kappa shape index (κ3) is 1.67. The molecule has 1 saturated carbocycles. The van der Waals surface area contributed by atoms with Gasteiger partial charge in [0, 0.05) is 0 Å². The van der Waals surface area contributed by atoms with Gasteiger partial charge < -0.3 is 0 Å². The van der Waals surface area contributed by atoms with Gasteiger partial charge in [-0.25, -0.2) is 0 Å². The van der Waals surface area contributed by atoms with Gasteiger partial charge in [0.05, 0.1) is 0 Å². The zero-order valence-corrected chi connectivity index (χ0v) is 9.30. The Morgan fingerprint density at radius 2 is 1.75 bits per heavy atom. The molecule has 0 heterocycles. The Bertz CT molecular complexity index is 137. The molecule has 0 nitrogen and oxygen atoms in total. The van der Waals surface area contributed by atoms with Gasteiger partial charge in [0.2, 0.25) is 0 Å². The summed E-state index contributed by atoms with van der Waals surface area (Å²) < 4.78 is 0. The van der Waals surface area contributed by atoms with Gasteiger partial charge in [0.15, 0.2) is 0 Å². The van der Waals surface area contributed by atoms with E-state index in [2.05, 4.69) is 34.6 Å². The molecule has 1 aliphatic carbocycles. The zero-order valence-electron chi connectivity index (χ0n) is 9.30. The highest BCUT2D eigenvalue weighted by atomic mass is 14.5. The Hall–Kier alpha value is 0. The largest absolute Gasteiger partial charge is 0.0651 e. The lowest BCUT2D eigenvalue weighted by Gasteiger charge is -2.48. The molecule has 72 valence electrons. The van der Waals surface area contributed by atoms with E-state index in [1.54, 1.807) is 0 Å².